The maximum Gasteiger partial charge on any atom is 0.211 e. The summed E-state index contributed by atoms with van der Waals surface area (Å²) in [6, 6.07) is 6.38. The molecule has 0 unspecified atom stereocenters. The van der Waals surface area contributed by atoms with E-state index in [4.69, 9.17) is 4.74 Å². The lowest BCUT2D eigenvalue weighted by Crippen LogP contribution is -2.07. The molecular weight excluding hydrogens is 364 g/mol. The topological polar surface area (TPSA) is 69.0 Å². The van der Waals surface area contributed by atoms with Crippen molar-refractivity contribution in [1.29, 1.82) is 0 Å². The van der Waals surface area contributed by atoms with E-state index in [0.717, 1.165) is 48.2 Å². The van der Waals surface area contributed by atoms with Crippen molar-refractivity contribution in [3.63, 3.8) is 0 Å². The van der Waals surface area contributed by atoms with Crippen molar-refractivity contribution in [2.24, 2.45) is 5.92 Å². The Hall–Kier alpha value is -2.37. The molecule has 1 heterocycles. The van der Waals surface area contributed by atoms with E-state index in [2.05, 4.69) is 40.9 Å². The quantitative estimate of drug-likeness (QED) is 0.562. The lowest BCUT2D eigenvalue weighted by atomic mass is 10.1. The molecule has 0 bridgehead atoms. The van der Waals surface area contributed by atoms with Gasteiger partial charge in [-0.1, -0.05) is 32.9 Å². The number of ether oxygens (including phenoxy) is 1. The molecule has 1 fully saturated rings. The highest BCUT2D eigenvalue weighted by Crippen LogP contribution is 2.37. The average Bonchev–Trinajstić information content (AvgIpc) is 3.45. The number of nitrogens with one attached hydrogen (secondary N) is 1. The number of benzene rings is 1. The smallest absolute Gasteiger partial charge is 0.211 e. The van der Waals surface area contributed by atoms with Gasteiger partial charge in [0.15, 0.2) is 0 Å². The number of carbonyl (C=O) groups excluding carboxylic acids is 1. The molecule has 3 rings (SSSR count). The van der Waals surface area contributed by atoms with Crippen LogP contribution in [0, 0.1) is 12.8 Å². The Bertz CT molecular complexity index is 766. The third kappa shape index (κ3) is 6.87. The van der Waals surface area contributed by atoms with Gasteiger partial charge in [-0.05, 0) is 57.1 Å². The number of hydrogen-bond acceptors (Lipinski definition) is 4. The second-order valence-corrected chi connectivity index (χ2v) is 7.96. The second kappa shape index (κ2) is 11.6. The number of para-hydroxylation sites is 1. The van der Waals surface area contributed by atoms with Crippen LogP contribution < -0.4 is 10.1 Å². The normalized spacial score (nSPS) is 13.0. The molecule has 0 aliphatic heterocycles. The highest BCUT2D eigenvalue weighted by molar-refractivity contribution is 5.77. The van der Waals surface area contributed by atoms with Crippen LogP contribution in [0.4, 0.5) is 5.69 Å². The van der Waals surface area contributed by atoms with Gasteiger partial charge in [-0.25, -0.2) is 0 Å². The summed E-state index contributed by atoms with van der Waals surface area (Å²) in [7, 11) is 0. The van der Waals surface area contributed by atoms with Gasteiger partial charge in [-0.15, -0.1) is 10.2 Å². The summed E-state index contributed by atoms with van der Waals surface area (Å²) in [6.07, 6.45) is 7.85. The fourth-order valence-electron chi connectivity index (χ4n) is 3.26. The van der Waals surface area contributed by atoms with Crippen LogP contribution in [0.25, 0.3) is 0 Å². The van der Waals surface area contributed by atoms with E-state index in [0.29, 0.717) is 13.0 Å². The standard InChI is InChI=1S/C13H23N3.C10H13NO2/c1-4-5-12-14-15-13(9-6-10(2)3)16(12)11-7-8-11;1-3-13-9-6-4-5-8(2)10(9)11-7-12/h10-11H,4-9H2,1-3H3;4-7H,3H2,1-2H3,(H,11,12). The summed E-state index contributed by atoms with van der Waals surface area (Å²) in [5, 5.41) is 11.4. The maximum absolute atomic E-state index is 10.3. The highest BCUT2D eigenvalue weighted by Gasteiger charge is 2.28. The Balaban J connectivity index is 0.000000212. The van der Waals surface area contributed by atoms with Crippen molar-refractivity contribution in [3.8, 4) is 5.75 Å². The third-order valence-electron chi connectivity index (χ3n) is 4.91. The van der Waals surface area contributed by atoms with Crippen molar-refractivity contribution in [2.75, 3.05) is 11.9 Å². The number of amides is 1. The number of rotatable bonds is 10. The van der Waals surface area contributed by atoms with Gasteiger partial charge in [0, 0.05) is 18.9 Å². The van der Waals surface area contributed by atoms with Gasteiger partial charge in [0.1, 0.15) is 17.4 Å². The minimum absolute atomic E-state index is 0.594. The van der Waals surface area contributed by atoms with Crippen molar-refractivity contribution in [1.82, 2.24) is 14.8 Å². The molecule has 6 heteroatoms. The van der Waals surface area contributed by atoms with Crippen LogP contribution in [0.2, 0.25) is 0 Å². The first-order valence-corrected chi connectivity index (χ1v) is 10.9. The SMILES string of the molecule is CCCc1nnc(CCC(C)C)n1C1CC1.CCOc1cccc(C)c1NC=O. The molecular formula is C23H36N4O2. The summed E-state index contributed by atoms with van der Waals surface area (Å²) >= 11 is 0. The number of aryl methyl sites for hydroxylation is 3. The number of carbonyl (C=O) groups is 1. The zero-order valence-electron chi connectivity index (χ0n) is 18.6. The molecule has 29 heavy (non-hydrogen) atoms. The predicted octanol–water partition coefficient (Wildman–Crippen LogP) is 5.12. The Labute approximate surface area is 175 Å². The number of hydrogen-bond donors (Lipinski definition) is 1. The molecule has 2 aromatic rings. The zero-order chi connectivity index (χ0) is 21.2. The molecule has 160 valence electrons. The van der Waals surface area contributed by atoms with Crippen LogP contribution in [0.15, 0.2) is 18.2 Å². The highest BCUT2D eigenvalue weighted by atomic mass is 16.5. The largest absolute Gasteiger partial charge is 0.492 e. The van der Waals surface area contributed by atoms with Crippen LogP contribution in [0.5, 0.6) is 5.75 Å². The summed E-state index contributed by atoms with van der Waals surface area (Å²) < 4.78 is 7.77. The lowest BCUT2D eigenvalue weighted by Gasteiger charge is -2.10. The van der Waals surface area contributed by atoms with Gasteiger partial charge in [-0.3, -0.25) is 4.79 Å². The molecule has 1 aromatic heterocycles. The van der Waals surface area contributed by atoms with Gasteiger partial charge >= 0.3 is 0 Å². The molecule has 0 radical (unpaired) electrons. The Morgan fingerprint density at radius 3 is 2.45 bits per heavy atom. The van der Waals surface area contributed by atoms with E-state index in [1.54, 1.807) is 0 Å². The van der Waals surface area contributed by atoms with E-state index in [1.165, 1.54) is 30.9 Å². The fourth-order valence-corrected chi connectivity index (χ4v) is 3.26. The van der Waals surface area contributed by atoms with Crippen LogP contribution in [0.1, 0.15) is 76.6 Å². The molecule has 1 amide bonds. The van der Waals surface area contributed by atoms with E-state index in [9.17, 15) is 4.79 Å². The van der Waals surface area contributed by atoms with Crippen molar-refractivity contribution < 1.29 is 9.53 Å². The summed E-state index contributed by atoms with van der Waals surface area (Å²) in [5.41, 5.74) is 1.75. The van der Waals surface area contributed by atoms with E-state index in [1.807, 2.05) is 32.0 Å². The number of anilines is 1. The van der Waals surface area contributed by atoms with Crippen molar-refractivity contribution >= 4 is 12.1 Å². The van der Waals surface area contributed by atoms with Gasteiger partial charge in [0.05, 0.1) is 12.3 Å². The summed E-state index contributed by atoms with van der Waals surface area (Å²) in [4.78, 5) is 10.3. The molecule has 0 spiro atoms. The molecule has 1 saturated carbocycles. The Morgan fingerprint density at radius 2 is 1.90 bits per heavy atom. The van der Waals surface area contributed by atoms with Gasteiger partial charge in [0.2, 0.25) is 6.41 Å². The monoisotopic (exact) mass is 400 g/mol. The molecule has 1 aliphatic carbocycles. The maximum atomic E-state index is 10.3. The molecule has 1 N–H and O–H groups in total. The van der Waals surface area contributed by atoms with E-state index < -0.39 is 0 Å². The molecule has 1 aromatic carbocycles. The van der Waals surface area contributed by atoms with Gasteiger partial charge in [-0.2, -0.15) is 0 Å². The van der Waals surface area contributed by atoms with Crippen LogP contribution in [-0.4, -0.2) is 27.8 Å². The van der Waals surface area contributed by atoms with E-state index in [-0.39, 0.29) is 0 Å². The summed E-state index contributed by atoms with van der Waals surface area (Å²) in [5.74, 6) is 3.90. The summed E-state index contributed by atoms with van der Waals surface area (Å²) in [6.45, 7) is 11.2. The number of aromatic nitrogens is 3. The van der Waals surface area contributed by atoms with Gasteiger partial charge in [0.25, 0.3) is 0 Å². The molecule has 0 saturated heterocycles. The first-order valence-electron chi connectivity index (χ1n) is 10.9. The Morgan fingerprint density at radius 1 is 1.21 bits per heavy atom. The van der Waals surface area contributed by atoms with Crippen LogP contribution in [-0.2, 0) is 17.6 Å². The second-order valence-electron chi connectivity index (χ2n) is 7.96. The fraction of sp³-hybridized carbons (Fsp3) is 0.609. The van der Waals surface area contributed by atoms with Crippen molar-refractivity contribution in [3.05, 3.63) is 35.4 Å². The number of nitrogens with zero attached hydrogens (tertiary/aromatic N) is 3. The first kappa shape index (κ1) is 22.9. The average molecular weight is 401 g/mol. The van der Waals surface area contributed by atoms with Crippen LogP contribution >= 0.6 is 0 Å². The van der Waals surface area contributed by atoms with Crippen LogP contribution in [0.3, 0.4) is 0 Å². The Kier molecular flexibility index (Phi) is 9.16. The molecule has 6 nitrogen and oxygen atoms in total. The molecule has 0 atom stereocenters. The zero-order valence-corrected chi connectivity index (χ0v) is 18.6. The minimum atomic E-state index is 0.594. The third-order valence-corrected chi connectivity index (χ3v) is 4.91. The van der Waals surface area contributed by atoms with E-state index >= 15 is 0 Å². The van der Waals surface area contributed by atoms with Gasteiger partial charge < -0.3 is 14.6 Å². The minimum Gasteiger partial charge on any atom is -0.492 e. The lowest BCUT2D eigenvalue weighted by molar-refractivity contribution is -0.105. The molecule has 1 aliphatic rings. The predicted molar refractivity (Wildman–Crippen MR) is 117 cm³/mol. The van der Waals surface area contributed by atoms with Crippen molar-refractivity contribution in [2.45, 2.75) is 79.2 Å². The first-order chi connectivity index (χ1) is 14.0.